The molecule has 0 radical (unpaired) electrons. The molecule has 5 unspecified atom stereocenters. The van der Waals surface area contributed by atoms with Gasteiger partial charge in [0.05, 0.1) is 17.5 Å². The first-order valence-corrected chi connectivity index (χ1v) is 21.0. The van der Waals surface area contributed by atoms with Crippen molar-refractivity contribution < 1.29 is 18.5 Å². The van der Waals surface area contributed by atoms with Gasteiger partial charge in [-0.3, -0.25) is 14.4 Å². The van der Waals surface area contributed by atoms with Gasteiger partial charge in [-0.15, -0.1) is 0 Å². The third-order valence-corrected chi connectivity index (χ3v) is 14.5. The Balaban J connectivity index is 0.000000402. The van der Waals surface area contributed by atoms with E-state index < -0.39 is 22.5 Å². The number of halogens is 1. The smallest absolute Gasteiger partial charge is 0.281 e. The fraction of sp³-hybridized carbons (Fsp3) is 0.659. The lowest BCUT2D eigenvalue weighted by atomic mass is 9.64. The molecule has 2 bridgehead atoms. The lowest BCUT2D eigenvalue weighted by Gasteiger charge is -2.49. The maximum atomic E-state index is 13.3. The molecule has 1 saturated heterocycles. The number of pyridine rings is 1. The number of nitrogens with zero attached hydrogens (tertiary/aromatic N) is 4. The molecule has 1 N–H and O–H groups in total. The predicted molar refractivity (Wildman–Crippen MR) is 212 cm³/mol. The quantitative estimate of drug-likeness (QED) is 0.341. The zero-order chi connectivity index (χ0) is 37.2. The lowest BCUT2D eigenvalue weighted by Crippen LogP contribution is -2.52. The Morgan fingerprint density at radius 1 is 1.12 bits per heavy atom. The van der Waals surface area contributed by atoms with Gasteiger partial charge in [0.25, 0.3) is 5.91 Å². The molecule has 2 aliphatic carbocycles. The molecule has 1 spiro atoms. The average molecular weight is 754 g/mol. The molecule has 7 atom stereocenters. The number of rotatable bonds is 2. The van der Waals surface area contributed by atoms with Crippen LogP contribution in [0.2, 0.25) is 5.02 Å². The minimum absolute atomic E-state index is 0.113. The van der Waals surface area contributed by atoms with Crippen LogP contribution < -0.4 is 14.4 Å². The second kappa shape index (κ2) is 16.5. The molecule has 3 aliphatic heterocycles. The summed E-state index contributed by atoms with van der Waals surface area (Å²) in [5.41, 5.74) is 2.21. The Hall–Kier alpha value is -2.50. The van der Waals surface area contributed by atoms with E-state index in [-0.39, 0.29) is 22.3 Å². The Kier molecular flexibility index (Phi) is 12.4. The fourth-order valence-electron chi connectivity index (χ4n) is 8.77. The van der Waals surface area contributed by atoms with E-state index in [2.05, 4.69) is 78.4 Å². The summed E-state index contributed by atoms with van der Waals surface area (Å²) in [6, 6.07) is 10.5. The SMILES string of the molecule is CC(C)N1CCN(C)CC1.CO[C@@]1(C)/C=C/CC(C)C(C)S(=O)NC(=O)c2ccc3c(n2)N(CC2CCC21)C[C@@]1(CCCc2cc(Cl)ccc21)CO3. The van der Waals surface area contributed by atoms with Crippen LogP contribution in [0.1, 0.15) is 88.3 Å². The number of benzene rings is 1. The van der Waals surface area contributed by atoms with Gasteiger partial charge in [-0.2, -0.15) is 0 Å². The van der Waals surface area contributed by atoms with Crippen LogP contribution >= 0.6 is 11.6 Å². The number of ether oxygens (including phenoxy) is 2. The van der Waals surface area contributed by atoms with Gasteiger partial charge in [-0.05, 0) is 126 Å². The van der Waals surface area contributed by atoms with Crippen LogP contribution in [-0.4, -0.2) is 102 Å². The van der Waals surface area contributed by atoms with Crippen molar-refractivity contribution in [1.82, 2.24) is 19.5 Å². The Morgan fingerprint density at radius 3 is 2.58 bits per heavy atom. The van der Waals surface area contributed by atoms with Gasteiger partial charge in [-0.25, -0.2) is 9.19 Å². The molecule has 7 rings (SSSR count). The molecule has 52 heavy (non-hydrogen) atoms. The normalized spacial score (nSPS) is 33.4. The number of aryl methyl sites for hydroxylation is 1. The largest absolute Gasteiger partial charge is 0.489 e. The van der Waals surface area contributed by atoms with Crippen molar-refractivity contribution in [1.29, 1.82) is 0 Å². The van der Waals surface area contributed by atoms with Gasteiger partial charge in [0, 0.05) is 62.9 Å². The maximum absolute atomic E-state index is 13.3. The monoisotopic (exact) mass is 753 g/mol. The number of piperazine rings is 1. The Bertz CT molecular complexity index is 1630. The molecule has 4 heterocycles. The van der Waals surface area contributed by atoms with Gasteiger partial charge in [0.15, 0.2) is 11.6 Å². The molecule has 1 saturated carbocycles. The highest BCUT2D eigenvalue weighted by Crippen LogP contribution is 2.48. The number of carbonyl (C=O) groups is 1. The second-order valence-electron chi connectivity index (χ2n) is 16.4. The molecule has 2 aromatic rings. The summed E-state index contributed by atoms with van der Waals surface area (Å²) in [5, 5.41) is 0.536. The highest BCUT2D eigenvalue weighted by atomic mass is 35.5. The van der Waals surface area contributed by atoms with E-state index in [1.807, 2.05) is 19.1 Å². The number of carbonyl (C=O) groups excluding carboxylic acids is 1. The molecule has 2 fully saturated rings. The Morgan fingerprint density at radius 2 is 1.88 bits per heavy atom. The molecule has 11 heteroatoms. The predicted octanol–water partition coefficient (Wildman–Crippen LogP) is 6.66. The van der Waals surface area contributed by atoms with E-state index in [9.17, 15) is 9.00 Å². The lowest BCUT2D eigenvalue weighted by molar-refractivity contribution is -0.0622. The summed E-state index contributed by atoms with van der Waals surface area (Å²) in [7, 11) is 2.44. The molecule has 9 nitrogen and oxygen atoms in total. The van der Waals surface area contributed by atoms with Crippen molar-refractivity contribution in [2.24, 2.45) is 17.8 Å². The Labute approximate surface area is 319 Å². The third-order valence-electron chi connectivity index (χ3n) is 12.7. The number of likely N-dealkylation sites (N-methyl/N-ethyl adjacent to an activating group) is 1. The number of fused-ring (bicyclic) bond motifs is 4. The number of hydrogen-bond donors (Lipinski definition) is 1. The number of amides is 1. The van der Waals surface area contributed by atoms with Crippen molar-refractivity contribution >= 4 is 34.3 Å². The van der Waals surface area contributed by atoms with Crippen LogP contribution in [0.15, 0.2) is 42.5 Å². The molecular formula is C41H60ClN5O4S. The number of allylic oxidation sites excluding steroid dienone is 1. The van der Waals surface area contributed by atoms with Crippen molar-refractivity contribution in [3.05, 3.63) is 64.3 Å². The van der Waals surface area contributed by atoms with Gasteiger partial charge in [0.2, 0.25) is 0 Å². The number of methoxy groups -OCH3 is 1. The van der Waals surface area contributed by atoms with Gasteiger partial charge < -0.3 is 19.3 Å². The van der Waals surface area contributed by atoms with Crippen LogP contribution in [0.3, 0.4) is 0 Å². The summed E-state index contributed by atoms with van der Waals surface area (Å²) < 4.78 is 28.6. The van der Waals surface area contributed by atoms with Crippen molar-refractivity contribution in [3.8, 4) is 5.75 Å². The van der Waals surface area contributed by atoms with Gasteiger partial charge in [-0.1, -0.05) is 36.7 Å². The van der Waals surface area contributed by atoms with Gasteiger partial charge in [0.1, 0.15) is 16.7 Å². The molecule has 1 aromatic carbocycles. The topological polar surface area (TPSA) is 87.2 Å². The summed E-state index contributed by atoms with van der Waals surface area (Å²) in [5.74, 6) is 1.79. The van der Waals surface area contributed by atoms with Crippen molar-refractivity contribution in [3.63, 3.8) is 0 Å². The van der Waals surface area contributed by atoms with E-state index in [0.717, 1.165) is 62.7 Å². The van der Waals surface area contributed by atoms with E-state index in [1.54, 1.807) is 13.2 Å². The standard InChI is InChI=1S/C33H42ClN3O4S.C8H18N2/c1-21-7-5-15-32(3,40-4)26-11-9-24(26)18-37-19-33(16-6-8-23-17-25(34)10-12-27(23)33)20-41-29-14-13-28(35-30(29)37)31(38)36-42(39)22(21)2;1-8(2)10-6-4-9(3)5-7-10/h5,10,12-15,17,21-22,24,26H,6-9,11,16,18-20H2,1-4H3,(H,36,38);8H,4-7H2,1-3H3/b15-5+;/t21?,22?,24?,26?,32-,33-,42?;/m0./s1. The summed E-state index contributed by atoms with van der Waals surface area (Å²) in [4.78, 5) is 25.5. The molecular weight excluding hydrogens is 694 g/mol. The van der Waals surface area contributed by atoms with Crippen LogP contribution in [0.4, 0.5) is 5.82 Å². The zero-order valence-corrected chi connectivity index (χ0v) is 33.9. The first kappa shape index (κ1) is 39.2. The minimum Gasteiger partial charge on any atom is -0.489 e. The first-order valence-electron chi connectivity index (χ1n) is 19.4. The van der Waals surface area contributed by atoms with Crippen LogP contribution in [-0.2, 0) is 27.6 Å². The second-order valence-corrected chi connectivity index (χ2v) is 18.4. The number of aromatic nitrogens is 1. The molecule has 1 amide bonds. The van der Waals surface area contributed by atoms with E-state index in [0.29, 0.717) is 30.0 Å². The highest BCUT2D eigenvalue weighted by Gasteiger charge is 2.47. The highest BCUT2D eigenvalue weighted by molar-refractivity contribution is 7.84. The summed E-state index contributed by atoms with van der Waals surface area (Å²) >= 11 is 6.42. The van der Waals surface area contributed by atoms with Crippen LogP contribution in [0.25, 0.3) is 0 Å². The van der Waals surface area contributed by atoms with Crippen molar-refractivity contribution in [2.45, 2.75) is 95.5 Å². The summed E-state index contributed by atoms with van der Waals surface area (Å²) in [6.45, 7) is 17.7. The molecule has 5 aliphatic rings. The molecule has 286 valence electrons. The van der Waals surface area contributed by atoms with E-state index in [4.69, 9.17) is 26.1 Å². The van der Waals surface area contributed by atoms with Gasteiger partial charge >= 0.3 is 0 Å². The number of anilines is 1. The maximum Gasteiger partial charge on any atom is 0.281 e. The van der Waals surface area contributed by atoms with Crippen LogP contribution in [0.5, 0.6) is 5.75 Å². The number of nitrogens with one attached hydrogen (secondary N) is 1. The van der Waals surface area contributed by atoms with E-state index >= 15 is 0 Å². The number of hydrogen-bond acceptors (Lipinski definition) is 8. The minimum atomic E-state index is -1.55. The van der Waals surface area contributed by atoms with Crippen LogP contribution in [0, 0.1) is 17.8 Å². The fourth-order valence-corrected chi connectivity index (χ4v) is 9.97. The molecule has 1 aromatic heterocycles. The van der Waals surface area contributed by atoms with E-state index in [1.165, 1.54) is 37.3 Å². The first-order chi connectivity index (χ1) is 24.8. The summed E-state index contributed by atoms with van der Waals surface area (Å²) in [6.07, 6.45) is 10.4. The zero-order valence-electron chi connectivity index (χ0n) is 32.3. The third kappa shape index (κ3) is 8.41. The van der Waals surface area contributed by atoms with Crippen molar-refractivity contribution in [2.75, 3.05) is 64.9 Å². The average Bonchev–Trinajstić information content (AvgIpc) is 3.26.